The van der Waals surface area contributed by atoms with Crippen LogP contribution in [0, 0.1) is 0 Å². The predicted molar refractivity (Wildman–Crippen MR) is 72.6 cm³/mol. The number of nitrogens with zero attached hydrogens (tertiary/aromatic N) is 1. The van der Waals surface area contributed by atoms with Crippen molar-refractivity contribution in [1.29, 1.82) is 0 Å². The fraction of sp³-hybridized carbons (Fsp3) is 0.500. The highest BCUT2D eigenvalue weighted by Gasteiger charge is 2.38. The number of hydrogen-bond donors (Lipinski definition) is 1. The molecular formula is C12H15ClF3NO3S. The first kappa shape index (κ1) is 18.2. The molecule has 0 aliphatic carbocycles. The minimum absolute atomic E-state index is 0.00224. The van der Waals surface area contributed by atoms with E-state index in [0.717, 1.165) is 16.4 Å². The van der Waals surface area contributed by atoms with Crippen molar-refractivity contribution in [3.63, 3.8) is 0 Å². The lowest BCUT2D eigenvalue weighted by Crippen LogP contribution is -2.33. The topological polar surface area (TPSA) is 57.6 Å². The van der Waals surface area contributed by atoms with Gasteiger partial charge < -0.3 is 5.11 Å². The molecule has 9 heteroatoms. The van der Waals surface area contributed by atoms with E-state index in [1.54, 1.807) is 0 Å². The van der Waals surface area contributed by atoms with Crippen LogP contribution in [0.5, 0.6) is 0 Å². The molecule has 21 heavy (non-hydrogen) atoms. The largest absolute Gasteiger partial charge is 0.417 e. The predicted octanol–water partition coefficient (Wildman–Crippen LogP) is 2.75. The van der Waals surface area contributed by atoms with E-state index in [1.807, 2.05) is 0 Å². The Labute approximate surface area is 126 Å². The highest BCUT2D eigenvalue weighted by atomic mass is 35.5. The fourth-order valence-electron chi connectivity index (χ4n) is 1.78. The van der Waals surface area contributed by atoms with E-state index >= 15 is 0 Å². The summed E-state index contributed by atoms with van der Waals surface area (Å²) in [7, 11) is -4.31. The Kier molecular flexibility index (Phi) is 6.03. The molecule has 1 aromatic rings. The van der Waals surface area contributed by atoms with Crippen LogP contribution in [-0.4, -0.2) is 37.5 Å². The lowest BCUT2D eigenvalue weighted by atomic mass is 10.2. The molecule has 0 aromatic heterocycles. The van der Waals surface area contributed by atoms with Crippen molar-refractivity contribution >= 4 is 21.6 Å². The van der Waals surface area contributed by atoms with E-state index in [0.29, 0.717) is 6.07 Å². The molecule has 4 nitrogen and oxygen atoms in total. The molecule has 0 amide bonds. The quantitative estimate of drug-likeness (QED) is 0.862. The Morgan fingerprint density at radius 2 is 1.95 bits per heavy atom. The maximum Gasteiger partial charge on any atom is 0.417 e. The van der Waals surface area contributed by atoms with Gasteiger partial charge in [-0.15, -0.1) is 0 Å². The Morgan fingerprint density at radius 1 is 1.33 bits per heavy atom. The fourth-order valence-corrected chi connectivity index (χ4v) is 3.64. The van der Waals surface area contributed by atoms with Crippen LogP contribution in [-0.2, 0) is 16.2 Å². The average molecular weight is 346 g/mol. The highest BCUT2D eigenvalue weighted by molar-refractivity contribution is 7.89. The summed E-state index contributed by atoms with van der Waals surface area (Å²) in [4.78, 5) is -0.834. The minimum Gasteiger partial charge on any atom is -0.396 e. The first-order valence-corrected chi connectivity index (χ1v) is 7.94. The molecule has 0 atom stereocenters. The molecule has 0 fully saturated rings. The molecule has 0 saturated heterocycles. The van der Waals surface area contributed by atoms with Crippen molar-refractivity contribution < 1.29 is 26.7 Å². The number of aliphatic hydroxyl groups excluding tert-OH is 1. The summed E-state index contributed by atoms with van der Waals surface area (Å²) in [6.07, 6.45) is -4.69. The van der Waals surface area contributed by atoms with E-state index in [1.165, 1.54) is 6.92 Å². The zero-order chi connectivity index (χ0) is 16.3. The van der Waals surface area contributed by atoms with Gasteiger partial charge >= 0.3 is 6.18 Å². The molecule has 0 aliphatic rings. The van der Waals surface area contributed by atoms with Crippen LogP contribution in [0.3, 0.4) is 0 Å². The number of halogens is 4. The van der Waals surface area contributed by atoms with Gasteiger partial charge in [-0.2, -0.15) is 17.5 Å². The Bertz CT molecular complexity index is 590. The molecule has 0 bridgehead atoms. The van der Waals surface area contributed by atoms with Crippen LogP contribution >= 0.6 is 11.6 Å². The van der Waals surface area contributed by atoms with Crippen molar-refractivity contribution in [2.24, 2.45) is 0 Å². The SMILES string of the molecule is CCN(CCCO)S(=O)(=O)c1ccc(Cl)cc1C(F)(F)F. The number of aliphatic hydroxyl groups is 1. The molecular weight excluding hydrogens is 331 g/mol. The molecule has 0 aliphatic heterocycles. The van der Waals surface area contributed by atoms with Crippen molar-refractivity contribution in [2.75, 3.05) is 19.7 Å². The van der Waals surface area contributed by atoms with Gasteiger partial charge in [0.2, 0.25) is 10.0 Å². The number of sulfonamides is 1. The molecule has 0 unspecified atom stereocenters. The van der Waals surface area contributed by atoms with E-state index in [-0.39, 0.29) is 31.1 Å². The third kappa shape index (κ3) is 4.32. The van der Waals surface area contributed by atoms with Gasteiger partial charge in [-0.1, -0.05) is 18.5 Å². The van der Waals surface area contributed by atoms with Gasteiger partial charge in [0.25, 0.3) is 0 Å². The van der Waals surface area contributed by atoms with Crippen molar-refractivity contribution in [1.82, 2.24) is 4.31 Å². The van der Waals surface area contributed by atoms with Gasteiger partial charge in [0.05, 0.1) is 10.5 Å². The molecule has 0 saturated carbocycles. The Morgan fingerprint density at radius 3 is 2.43 bits per heavy atom. The van der Waals surface area contributed by atoms with Gasteiger partial charge in [-0.05, 0) is 24.6 Å². The van der Waals surface area contributed by atoms with Crippen LogP contribution in [0.25, 0.3) is 0 Å². The second-order valence-electron chi connectivity index (χ2n) is 4.21. The maximum atomic E-state index is 13.0. The first-order valence-electron chi connectivity index (χ1n) is 6.12. The molecule has 0 spiro atoms. The van der Waals surface area contributed by atoms with Crippen molar-refractivity contribution in [3.8, 4) is 0 Å². The summed E-state index contributed by atoms with van der Waals surface area (Å²) in [6.45, 7) is 1.20. The van der Waals surface area contributed by atoms with E-state index in [9.17, 15) is 21.6 Å². The minimum atomic E-state index is -4.83. The van der Waals surface area contributed by atoms with Gasteiger partial charge in [0.15, 0.2) is 0 Å². The molecule has 120 valence electrons. The normalized spacial score (nSPS) is 12.9. The van der Waals surface area contributed by atoms with Gasteiger partial charge in [0.1, 0.15) is 0 Å². The average Bonchev–Trinajstić information content (AvgIpc) is 2.38. The lowest BCUT2D eigenvalue weighted by molar-refractivity contribution is -0.139. The molecule has 1 rings (SSSR count). The summed E-state index contributed by atoms with van der Waals surface area (Å²) < 4.78 is 64.6. The zero-order valence-electron chi connectivity index (χ0n) is 11.2. The monoisotopic (exact) mass is 345 g/mol. The van der Waals surface area contributed by atoms with Gasteiger partial charge in [0, 0.05) is 24.7 Å². The maximum absolute atomic E-state index is 13.0. The molecule has 1 aromatic carbocycles. The third-order valence-electron chi connectivity index (χ3n) is 2.78. The molecule has 1 N–H and O–H groups in total. The summed E-state index contributed by atoms with van der Waals surface area (Å²) in [5.41, 5.74) is -1.29. The van der Waals surface area contributed by atoms with Crippen LogP contribution in [0.15, 0.2) is 23.1 Å². The van der Waals surface area contributed by atoms with E-state index < -0.39 is 26.7 Å². The van der Waals surface area contributed by atoms with Crippen molar-refractivity contribution in [3.05, 3.63) is 28.8 Å². The first-order chi connectivity index (χ1) is 9.64. The van der Waals surface area contributed by atoms with Crippen LogP contribution in [0.4, 0.5) is 13.2 Å². The molecule has 0 radical (unpaired) electrons. The van der Waals surface area contributed by atoms with E-state index in [4.69, 9.17) is 16.7 Å². The van der Waals surface area contributed by atoms with Gasteiger partial charge in [-0.25, -0.2) is 8.42 Å². The number of benzene rings is 1. The van der Waals surface area contributed by atoms with Crippen LogP contribution < -0.4 is 0 Å². The van der Waals surface area contributed by atoms with Gasteiger partial charge in [-0.3, -0.25) is 0 Å². The van der Waals surface area contributed by atoms with Crippen LogP contribution in [0.2, 0.25) is 5.02 Å². The summed E-state index contributed by atoms with van der Waals surface area (Å²) >= 11 is 5.53. The zero-order valence-corrected chi connectivity index (χ0v) is 12.8. The highest BCUT2D eigenvalue weighted by Crippen LogP contribution is 2.36. The molecule has 0 heterocycles. The second kappa shape index (κ2) is 6.95. The summed E-state index contributed by atoms with van der Waals surface area (Å²) in [5.74, 6) is 0. The second-order valence-corrected chi connectivity index (χ2v) is 6.55. The smallest absolute Gasteiger partial charge is 0.396 e. The lowest BCUT2D eigenvalue weighted by Gasteiger charge is -2.22. The summed E-state index contributed by atoms with van der Waals surface area (Å²) in [6, 6.07) is 2.54. The third-order valence-corrected chi connectivity index (χ3v) is 5.05. The standard InChI is InChI=1S/C12H15ClF3NO3S/c1-2-17(6-3-7-18)21(19,20)11-5-4-9(13)8-10(11)12(14,15)16/h4-5,8,18H,2-3,6-7H2,1H3. The van der Waals surface area contributed by atoms with Crippen LogP contribution in [0.1, 0.15) is 18.9 Å². The van der Waals surface area contributed by atoms with Crippen molar-refractivity contribution in [2.45, 2.75) is 24.4 Å². The number of alkyl halides is 3. The Hall–Kier alpha value is -0.830. The number of hydrogen-bond acceptors (Lipinski definition) is 3. The number of rotatable bonds is 6. The Balaban J connectivity index is 3.37. The summed E-state index contributed by atoms with van der Waals surface area (Å²) in [5, 5.41) is 8.55. The van der Waals surface area contributed by atoms with E-state index in [2.05, 4.69) is 0 Å².